The molecule has 4 nitrogen and oxygen atoms in total. The zero-order valence-corrected chi connectivity index (χ0v) is 4.68. The number of nitrogens with one attached hydrogen (secondary N) is 2. The highest BCUT2D eigenvalue weighted by atomic mass is 16.2. The number of carbonyl (C=O) groups excluding carboxylic acids is 2. The first-order valence-corrected chi connectivity index (χ1v) is 2.87. The summed E-state index contributed by atoms with van der Waals surface area (Å²) in [5, 5.41) is 5.16. The van der Waals surface area contributed by atoms with Gasteiger partial charge in [0, 0.05) is 6.42 Å². The van der Waals surface area contributed by atoms with Gasteiger partial charge in [-0.3, -0.25) is 9.59 Å². The molecule has 4 heteroatoms. The monoisotopic (exact) mass is 126 g/mol. The van der Waals surface area contributed by atoms with Gasteiger partial charge < -0.3 is 10.6 Å². The highest BCUT2D eigenvalue weighted by molar-refractivity contribution is 5.98. The molecule has 0 radical (unpaired) electrons. The van der Waals surface area contributed by atoms with Crippen LogP contribution in [0.3, 0.4) is 0 Å². The van der Waals surface area contributed by atoms with Gasteiger partial charge in [0.25, 0.3) is 0 Å². The van der Waals surface area contributed by atoms with E-state index in [0.29, 0.717) is 6.42 Å². The quantitative estimate of drug-likeness (QED) is 0.383. The second-order valence-corrected chi connectivity index (χ2v) is 2.36. The standard InChI is InChI=1S/C5H6N2O2/c8-3-1-2-4(7-3)5(9)6-2/h2,4H,1H2,(H,6,9)(H,7,8). The predicted molar refractivity (Wildman–Crippen MR) is 28.5 cm³/mol. The summed E-state index contributed by atoms with van der Waals surface area (Å²) in [5.41, 5.74) is 0. The van der Waals surface area contributed by atoms with Crippen molar-refractivity contribution in [2.45, 2.75) is 18.5 Å². The minimum absolute atomic E-state index is 0.0247. The van der Waals surface area contributed by atoms with Crippen molar-refractivity contribution in [2.24, 2.45) is 0 Å². The summed E-state index contributed by atoms with van der Waals surface area (Å²) in [4.78, 5) is 21.1. The third kappa shape index (κ3) is 0.472. The highest BCUT2D eigenvalue weighted by Gasteiger charge is 2.46. The Morgan fingerprint density at radius 1 is 1.33 bits per heavy atom. The number of carbonyl (C=O) groups is 2. The Morgan fingerprint density at radius 2 is 2.11 bits per heavy atom. The van der Waals surface area contributed by atoms with Crippen molar-refractivity contribution < 1.29 is 9.59 Å². The van der Waals surface area contributed by atoms with Gasteiger partial charge in [-0.25, -0.2) is 0 Å². The van der Waals surface area contributed by atoms with Gasteiger partial charge in [-0.2, -0.15) is 0 Å². The Hall–Kier alpha value is -1.06. The van der Waals surface area contributed by atoms with Crippen LogP contribution in [0.1, 0.15) is 6.42 Å². The van der Waals surface area contributed by atoms with Crippen molar-refractivity contribution in [3.63, 3.8) is 0 Å². The Labute approximate surface area is 51.6 Å². The van der Waals surface area contributed by atoms with E-state index in [-0.39, 0.29) is 23.9 Å². The van der Waals surface area contributed by atoms with Crippen LogP contribution in [0.4, 0.5) is 0 Å². The average Bonchev–Trinajstić information content (AvgIpc) is 2.08. The fraction of sp³-hybridized carbons (Fsp3) is 0.600. The first kappa shape index (κ1) is 4.78. The summed E-state index contributed by atoms with van der Waals surface area (Å²) in [6.45, 7) is 0. The van der Waals surface area contributed by atoms with Crippen molar-refractivity contribution in [3.8, 4) is 0 Å². The topological polar surface area (TPSA) is 58.2 Å². The van der Waals surface area contributed by atoms with Crippen molar-refractivity contribution in [2.75, 3.05) is 0 Å². The van der Waals surface area contributed by atoms with E-state index in [0.717, 1.165) is 0 Å². The molecule has 2 unspecified atom stereocenters. The van der Waals surface area contributed by atoms with E-state index in [2.05, 4.69) is 10.6 Å². The molecule has 0 saturated carbocycles. The largest absolute Gasteiger partial charge is 0.348 e. The second kappa shape index (κ2) is 1.26. The lowest BCUT2D eigenvalue weighted by Crippen LogP contribution is -2.63. The molecule has 2 N–H and O–H groups in total. The molecule has 2 saturated heterocycles. The molecular formula is C5H6N2O2. The van der Waals surface area contributed by atoms with Crippen LogP contribution in [0.2, 0.25) is 0 Å². The third-order valence-corrected chi connectivity index (χ3v) is 1.73. The van der Waals surface area contributed by atoms with Gasteiger partial charge in [0.1, 0.15) is 6.04 Å². The van der Waals surface area contributed by atoms with Crippen LogP contribution in [-0.2, 0) is 9.59 Å². The maximum absolute atomic E-state index is 10.5. The SMILES string of the molecule is O=C1CC2NC(=O)C2N1. The van der Waals surface area contributed by atoms with Gasteiger partial charge in [0.15, 0.2) is 0 Å². The Morgan fingerprint density at radius 3 is 2.56 bits per heavy atom. The van der Waals surface area contributed by atoms with Crippen LogP contribution < -0.4 is 10.6 Å². The summed E-state index contributed by atoms with van der Waals surface area (Å²) < 4.78 is 0. The minimum Gasteiger partial charge on any atom is -0.348 e. The highest BCUT2D eigenvalue weighted by Crippen LogP contribution is 2.15. The van der Waals surface area contributed by atoms with Gasteiger partial charge in [-0.1, -0.05) is 0 Å². The first-order chi connectivity index (χ1) is 4.27. The molecule has 0 aromatic carbocycles. The number of β-lactam (4-membered cyclic amide) rings is 1. The van der Waals surface area contributed by atoms with E-state index in [9.17, 15) is 9.59 Å². The lowest BCUT2D eigenvalue weighted by Gasteiger charge is -2.28. The zero-order chi connectivity index (χ0) is 6.43. The zero-order valence-electron chi connectivity index (χ0n) is 4.68. The van der Waals surface area contributed by atoms with Crippen molar-refractivity contribution in [1.29, 1.82) is 0 Å². The first-order valence-electron chi connectivity index (χ1n) is 2.87. The lowest BCUT2D eigenvalue weighted by atomic mass is 10.0. The molecular weight excluding hydrogens is 120 g/mol. The molecule has 2 rings (SSSR count). The summed E-state index contributed by atoms with van der Waals surface area (Å²) in [5.74, 6) is -0.0748. The number of amides is 2. The molecule has 0 aromatic rings. The Balaban J connectivity index is 2.16. The summed E-state index contributed by atoms with van der Waals surface area (Å²) >= 11 is 0. The normalized spacial score (nSPS) is 38.7. The summed E-state index contributed by atoms with van der Waals surface area (Å²) in [6, 6.07) is -0.123. The van der Waals surface area contributed by atoms with Crippen molar-refractivity contribution in [3.05, 3.63) is 0 Å². The fourth-order valence-electron chi connectivity index (χ4n) is 1.21. The fourth-order valence-corrected chi connectivity index (χ4v) is 1.21. The molecule has 2 amide bonds. The molecule has 9 heavy (non-hydrogen) atoms. The van der Waals surface area contributed by atoms with Crippen LogP contribution in [0.5, 0.6) is 0 Å². The molecule has 0 spiro atoms. The summed E-state index contributed by atoms with van der Waals surface area (Å²) in [7, 11) is 0. The smallest absolute Gasteiger partial charge is 0.245 e. The van der Waals surface area contributed by atoms with Crippen molar-refractivity contribution >= 4 is 11.8 Å². The van der Waals surface area contributed by atoms with Crippen LogP contribution in [-0.4, -0.2) is 23.9 Å². The molecule has 0 bridgehead atoms. The van der Waals surface area contributed by atoms with Gasteiger partial charge in [0.2, 0.25) is 11.8 Å². The van der Waals surface area contributed by atoms with Crippen molar-refractivity contribution in [1.82, 2.24) is 10.6 Å². The van der Waals surface area contributed by atoms with Gasteiger partial charge >= 0.3 is 0 Å². The molecule has 2 aliphatic heterocycles. The Bertz CT molecular complexity index is 187. The average molecular weight is 126 g/mol. The van der Waals surface area contributed by atoms with E-state index in [1.807, 2.05) is 0 Å². The van der Waals surface area contributed by atoms with E-state index >= 15 is 0 Å². The van der Waals surface area contributed by atoms with Gasteiger partial charge in [0.05, 0.1) is 6.04 Å². The number of hydrogen-bond donors (Lipinski definition) is 2. The van der Waals surface area contributed by atoms with Crippen LogP contribution in [0.15, 0.2) is 0 Å². The minimum atomic E-state index is -0.211. The molecule has 2 heterocycles. The van der Waals surface area contributed by atoms with E-state index in [1.54, 1.807) is 0 Å². The number of hydrogen-bond acceptors (Lipinski definition) is 2. The lowest BCUT2D eigenvalue weighted by molar-refractivity contribution is -0.130. The van der Waals surface area contributed by atoms with Crippen LogP contribution >= 0.6 is 0 Å². The van der Waals surface area contributed by atoms with E-state index < -0.39 is 0 Å². The number of rotatable bonds is 0. The van der Waals surface area contributed by atoms with E-state index in [1.165, 1.54) is 0 Å². The predicted octanol–water partition coefficient (Wildman–Crippen LogP) is -1.63. The van der Waals surface area contributed by atoms with Gasteiger partial charge in [-0.05, 0) is 0 Å². The molecule has 0 aromatic heterocycles. The molecule has 0 aliphatic carbocycles. The number of fused-ring (bicyclic) bond motifs is 1. The molecule has 2 aliphatic rings. The van der Waals surface area contributed by atoms with Gasteiger partial charge in [-0.15, -0.1) is 0 Å². The third-order valence-electron chi connectivity index (χ3n) is 1.73. The van der Waals surface area contributed by atoms with E-state index in [4.69, 9.17) is 0 Å². The second-order valence-electron chi connectivity index (χ2n) is 2.36. The van der Waals surface area contributed by atoms with Crippen LogP contribution in [0.25, 0.3) is 0 Å². The maximum Gasteiger partial charge on any atom is 0.245 e. The summed E-state index contributed by atoms with van der Waals surface area (Å²) in [6.07, 6.45) is 0.455. The molecule has 48 valence electrons. The van der Waals surface area contributed by atoms with Crippen LogP contribution in [0, 0.1) is 0 Å². The molecule has 2 fully saturated rings. The maximum atomic E-state index is 10.5. The molecule has 2 atom stereocenters. The Kier molecular flexibility index (Phi) is 0.670.